The average molecular weight is 385 g/mol. The van der Waals surface area contributed by atoms with Crippen LogP contribution in [0.2, 0.25) is 0 Å². The van der Waals surface area contributed by atoms with E-state index in [1.54, 1.807) is 0 Å². The lowest BCUT2D eigenvalue weighted by atomic mass is 9.76. The Morgan fingerprint density at radius 1 is 1.18 bits per heavy atom. The van der Waals surface area contributed by atoms with Gasteiger partial charge in [0.1, 0.15) is 0 Å². The number of aromatic nitrogens is 1. The SMILES string of the molecule is CCCC(CC)c1c(B2OC(C)(C)C(C)(C)O2)[nH]c2cc(C(=O)OC)ccc12. The molecule has 2 heterocycles. The molecule has 0 bridgehead atoms. The number of nitrogens with one attached hydrogen (secondary N) is 1. The zero-order chi connectivity index (χ0) is 20.7. The summed E-state index contributed by atoms with van der Waals surface area (Å²) in [5.41, 5.74) is 2.85. The van der Waals surface area contributed by atoms with Gasteiger partial charge < -0.3 is 19.0 Å². The van der Waals surface area contributed by atoms with Gasteiger partial charge >= 0.3 is 13.1 Å². The van der Waals surface area contributed by atoms with E-state index in [-0.39, 0.29) is 5.97 Å². The van der Waals surface area contributed by atoms with Gasteiger partial charge in [-0.15, -0.1) is 0 Å². The molecule has 0 aliphatic carbocycles. The normalized spacial score (nSPS) is 19.2. The molecule has 28 heavy (non-hydrogen) atoms. The number of ether oxygens (including phenoxy) is 1. The second-order valence-corrected chi connectivity index (χ2v) is 8.69. The summed E-state index contributed by atoms with van der Waals surface area (Å²) in [6.45, 7) is 12.7. The van der Waals surface area contributed by atoms with Crippen LogP contribution in [0.5, 0.6) is 0 Å². The van der Waals surface area contributed by atoms with E-state index in [0.29, 0.717) is 11.5 Å². The van der Waals surface area contributed by atoms with Gasteiger partial charge in [-0.25, -0.2) is 4.79 Å². The van der Waals surface area contributed by atoms with Gasteiger partial charge in [-0.1, -0.05) is 26.3 Å². The third kappa shape index (κ3) is 3.48. The molecule has 0 saturated carbocycles. The molecular weight excluding hydrogens is 353 g/mol. The summed E-state index contributed by atoms with van der Waals surface area (Å²) >= 11 is 0. The minimum absolute atomic E-state index is 0.337. The lowest BCUT2D eigenvalue weighted by molar-refractivity contribution is 0.00578. The summed E-state index contributed by atoms with van der Waals surface area (Å²) in [5, 5.41) is 1.12. The molecule has 1 aliphatic heterocycles. The molecule has 3 rings (SSSR count). The maximum absolute atomic E-state index is 12.0. The molecule has 6 heteroatoms. The zero-order valence-corrected chi connectivity index (χ0v) is 18.1. The number of H-pyrrole nitrogens is 1. The maximum atomic E-state index is 12.0. The van der Waals surface area contributed by atoms with Crippen LogP contribution in [0.15, 0.2) is 18.2 Å². The smallest absolute Gasteiger partial charge is 0.465 e. The minimum Gasteiger partial charge on any atom is -0.465 e. The maximum Gasteiger partial charge on any atom is 0.512 e. The van der Waals surface area contributed by atoms with Crippen molar-refractivity contribution in [1.29, 1.82) is 0 Å². The molecule has 0 radical (unpaired) electrons. The van der Waals surface area contributed by atoms with Crippen LogP contribution in [-0.4, -0.2) is 36.4 Å². The zero-order valence-electron chi connectivity index (χ0n) is 18.1. The fourth-order valence-corrected chi connectivity index (χ4v) is 3.97. The Morgan fingerprint density at radius 2 is 1.82 bits per heavy atom. The number of carbonyl (C=O) groups excluding carboxylic acids is 1. The Balaban J connectivity index is 2.16. The second-order valence-electron chi connectivity index (χ2n) is 8.69. The number of aromatic amines is 1. The number of rotatable bonds is 6. The van der Waals surface area contributed by atoms with Crippen molar-refractivity contribution in [2.45, 2.75) is 77.9 Å². The van der Waals surface area contributed by atoms with Crippen LogP contribution < -0.4 is 5.59 Å². The first kappa shape index (κ1) is 20.9. The molecule has 1 aromatic carbocycles. The summed E-state index contributed by atoms with van der Waals surface area (Å²) in [4.78, 5) is 15.5. The standard InChI is InChI=1S/C22H32BNO4/c1-8-10-14(9-2)18-16-12-11-15(20(25)26-7)13-17(16)24-19(18)23-27-21(3,4)22(5,6)28-23/h11-14,24H,8-10H2,1-7H3. The number of hydrogen-bond donors (Lipinski definition) is 1. The first-order valence-electron chi connectivity index (χ1n) is 10.2. The number of carbonyl (C=O) groups is 1. The van der Waals surface area contributed by atoms with Crippen molar-refractivity contribution in [3.63, 3.8) is 0 Å². The highest BCUT2D eigenvalue weighted by molar-refractivity contribution is 6.62. The van der Waals surface area contributed by atoms with Gasteiger partial charge in [-0.3, -0.25) is 0 Å². The van der Waals surface area contributed by atoms with Crippen molar-refractivity contribution in [3.05, 3.63) is 29.3 Å². The first-order chi connectivity index (χ1) is 13.1. The molecule has 0 amide bonds. The largest absolute Gasteiger partial charge is 0.512 e. The van der Waals surface area contributed by atoms with Gasteiger partial charge in [0.2, 0.25) is 0 Å². The van der Waals surface area contributed by atoms with Crippen molar-refractivity contribution in [2.75, 3.05) is 7.11 Å². The van der Waals surface area contributed by atoms with E-state index in [0.717, 1.165) is 35.8 Å². The summed E-state index contributed by atoms with van der Waals surface area (Å²) in [7, 11) is 0.941. The van der Waals surface area contributed by atoms with E-state index < -0.39 is 18.3 Å². The number of methoxy groups -OCH3 is 1. The van der Waals surface area contributed by atoms with Gasteiger partial charge in [0.15, 0.2) is 0 Å². The monoisotopic (exact) mass is 385 g/mol. The van der Waals surface area contributed by atoms with Crippen LogP contribution in [0, 0.1) is 0 Å². The Morgan fingerprint density at radius 3 is 2.36 bits per heavy atom. The summed E-state index contributed by atoms with van der Waals surface area (Å²) < 4.78 is 17.6. The van der Waals surface area contributed by atoms with Crippen molar-refractivity contribution < 1.29 is 18.8 Å². The predicted octanol–water partition coefficient (Wildman–Crippen LogP) is 4.55. The van der Waals surface area contributed by atoms with Crippen LogP contribution in [-0.2, 0) is 14.0 Å². The lowest BCUT2D eigenvalue weighted by Gasteiger charge is -2.32. The van der Waals surface area contributed by atoms with Crippen molar-refractivity contribution in [1.82, 2.24) is 4.98 Å². The van der Waals surface area contributed by atoms with Gasteiger partial charge in [0, 0.05) is 16.5 Å². The fourth-order valence-electron chi connectivity index (χ4n) is 3.97. The van der Waals surface area contributed by atoms with E-state index in [1.165, 1.54) is 12.7 Å². The fraction of sp³-hybridized carbons (Fsp3) is 0.591. The summed E-state index contributed by atoms with van der Waals surface area (Å²) in [5.74, 6) is 0.0626. The van der Waals surface area contributed by atoms with Crippen LogP contribution in [0.1, 0.15) is 82.6 Å². The number of fused-ring (bicyclic) bond motifs is 1. The van der Waals surface area contributed by atoms with Crippen LogP contribution in [0.25, 0.3) is 10.9 Å². The number of hydrogen-bond acceptors (Lipinski definition) is 4. The highest BCUT2D eigenvalue weighted by Gasteiger charge is 2.53. The number of esters is 1. The molecular formula is C22H32BNO4. The Bertz CT molecular complexity index is 855. The molecule has 152 valence electrons. The van der Waals surface area contributed by atoms with Crippen LogP contribution in [0.4, 0.5) is 0 Å². The third-order valence-corrected chi connectivity index (χ3v) is 6.32. The van der Waals surface area contributed by atoms with E-state index in [1.807, 2.05) is 18.2 Å². The molecule has 1 fully saturated rings. The first-order valence-corrected chi connectivity index (χ1v) is 10.2. The molecule has 1 unspecified atom stereocenters. The average Bonchev–Trinajstić information content (AvgIpc) is 3.12. The topological polar surface area (TPSA) is 60.5 Å². The second kappa shape index (κ2) is 7.56. The van der Waals surface area contributed by atoms with Gasteiger partial charge in [0.05, 0.1) is 23.9 Å². The molecule has 0 spiro atoms. The van der Waals surface area contributed by atoms with Crippen molar-refractivity contribution >= 4 is 29.6 Å². The highest BCUT2D eigenvalue weighted by Crippen LogP contribution is 2.38. The highest BCUT2D eigenvalue weighted by atomic mass is 16.7. The minimum atomic E-state index is -0.458. The van der Waals surface area contributed by atoms with E-state index in [2.05, 4.69) is 46.5 Å². The predicted molar refractivity (Wildman–Crippen MR) is 113 cm³/mol. The molecule has 2 aromatic rings. The molecule has 1 N–H and O–H groups in total. The number of benzene rings is 1. The molecule has 5 nitrogen and oxygen atoms in total. The van der Waals surface area contributed by atoms with Crippen molar-refractivity contribution in [2.24, 2.45) is 0 Å². The van der Waals surface area contributed by atoms with E-state index >= 15 is 0 Å². The summed E-state index contributed by atoms with van der Waals surface area (Å²) in [6, 6.07) is 5.71. The Hall–Kier alpha value is -1.79. The van der Waals surface area contributed by atoms with Crippen molar-refractivity contribution in [3.8, 4) is 0 Å². The lowest BCUT2D eigenvalue weighted by Crippen LogP contribution is -2.41. The molecule has 1 aromatic heterocycles. The molecule has 1 atom stereocenters. The van der Waals surface area contributed by atoms with Gasteiger partial charge in [0.25, 0.3) is 0 Å². The summed E-state index contributed by atoms with van der Waals surface area (Å²) in [6.07, 6.45) is 3.23. The van der Waals surface area contributed by atoms with Crippen LogP contribution in [0.3, 0.4) is 0 Å². The van der Waals surface area contributed by atoms with Gasteiger partial charge in [-0.05, 0) is 64.2 Å². The Kier molecular flexibility index (Phi) is 5.66. The third-order valence-electron chi connectivity index (χ3n) is 6.32. The Labute approximate surface area is 168 Å². The van der Waals surface area contributed by atoms with Gasteiger partial charge in [-0.2, -0.15) is 0 Å². The molecule has 1 saturated heterocycles. The quantitative estimate of drug-likeness (QED) is 0.586. The van der Waals surface area contributed by atoms with E-state index in [9.17, 15) is 4.79 Å². The molecule has 1 aliphatic rings. The van der Waals surface area contributed by atoms with Crippen LogP contribution >= 0.6 is 0 Å². The van der Waals surface area contributed by atoms with E-state index in [4.69, 9.17) is 14.0 Å².